The smallest absolute Gasteiger partial charge is 0.234 e. The molecule has 0 saturated carbocycles. The molecule has 0 fully saturated rings. The number of aryl methyl sites for hydroxylation is 1. The highest BCUT2D eigenvalue weighted by molar-refractivity contribution is 7.99. The molecule has 0 saturated heterocycles. The Hall–Kier alpha value is -3.65. The van der Waals surface area contributed by atoms with E-state index in [9.17, 15) is 4.79 Å². The number of hydrogen-bond acceptors (Lipinski definition) is 6. The summed E-state index contributed by atoms with van der Waals surface area (Å²) in [5.41, 5.74) is 3.49. The molecule has 4 rings (SSSR count). The maximum Gasteiger partial charge on any atom is 0.234 e. The first-order chi connectivity index (χ1) is 15.1. The van der Waals surface area contributed by atoms with E-state index < -0.39 is 0 Å². The summed E-state index contributed by atoms with van der Waals surface area (Å²) in [6.45, 7) is 2.04. The van der Waals surface area contributed by atoms with Crippen molar-refractivity contribution in [1.82, 2.24) is 19.7 Å². The van der Waals surface area contributed by atoms with Crippen LogP contribution >= 0.6 is 11.8 Å². The lowest BCUT2D eigenvalue weighted by atomic mass is 10.2. The Bertz CT molecular complexity index is 1160. The number of ether oxygens (including phenoxy) is 1. The summed E-state index contributed by atoms with van der Waals surface area (Å²) >= 11 is 1.32. The van der Waals surface area contributed by atoms with Gasteiger partial charge in [-0.15, -0.1) is 10.2 Å². The highest BCUT2D eigenvalue weighted by atomic mass is 32.2. The monoisotopic (exact) mass is 431 g/mol. The fourth-order valence-electron chi connectivity index (χ4n) is 2.95. The van der Waals surface area contributed by atoms with Gasteiger partial charge in [0.15, 0.2) is 11.0 Å². The summed E-state index contributed by atoms with van der Waals surface area (Å²) < 4.78 is 7.06. The molecule has 0 atom stereocenters. The standard InChI is InChI=1S/C23H21N5O2S/c1-16-6-10-18(11-7-16)28-22(20-5-3-4-14-24-20)26-27-23(28)31-15-21(29)25-17-8-12-19(30-2)13-9-17/h3-14H,15H2,1-2H3,(H,25,29). The summed E-state index contributed by atoms with van der Waals surface area (Å²) in [4.78, 5) is 16.9. The van der Waals surface area contributed by atoms with E-state index in [-0.39, 0.29) is 11.7 Å². The van der Waals surface area contributed by atoms with E-state index in [0.29, 0.717) is 22.4 Å². The van der Waals surface area contributed by atoms with Gasteiger partial charge in [-0.25, -0.2) is 0 Å². The number of anilines is 1. The number of thioether (sulfide) groups is 1. The molecule has 0 aliphatic heterocycles. The fraction of sp³-hybridized carbons (Fsp3) is 0.130. The minimum Gasteiger partial charge on any atom is -0.497 e. The minimum absolute atomic E-state index is 0.131. The lowest BCUT2D eigenvalue weighted by Crippen LogP contribution is -2.14. The molecule has 0 bridgehead atoms. The van der Waals surface area contributed by atoms with Crippen molar-refractivity contribution >= 4 is 23.4 Å². The molecular weight excluding hydrogens is 410 g/mol. The Balaban J connectivity index is 1.55. The third-order valence-electron chi connectivity index (χ3n) is 4.53. The van der Waals surface area contributed by atoms with Crippen LogP contribution in [0.15, 0.2) is 78.1 Å². The molecule has 1 amide bonds. The van der Waals surface area contributed by atoms with Crippen molar-refractivity contribution in [2.45, 2.75) is 12.1 Å². The topological polar surface area (TPSA) is 81.9 Å². The van der Waals surface area contributed by atoms with Crippen molar-refractivity contribution in [2.75, 3.05) is 18.2 Å². The molecule has 8 heteroatoms. The van der Waals surface area contributed by atoms with Gasteiger partial charge in [-0.1, -0.05) is 35.5 Å². The Labute approximate surface area is 184 Å². The lowest BCUT2D eigenvalue weighted by molar-refractivity contribution is -0.113. The van der Waals surface area contributed by atoms with E-state index in [1.807, 2.05) is 54.0 Å². The van der Waals surface area contributed by atoms with Gasteiger partial charge >= 0.3 is 0 Å². The molecule has 0 aliphatic rings. The number of methoxy groups -OCH3 is 1. The molecule has 0 aliphatic carbocycles. The van der Waals surface area contributed by atoms with Crippen molar-refractivity contribution in [2.24, 2.45) is 0 Å². The van der Waals surface area contributed by atoms with Gasteiger partial charge in [0.2, 0.25) is 5.91 Å². The Morgan fingerprint density at radius 3 is 2.48 bits per heavy atom. The van der Waals surface area contributed by atoms with E-state index >= 15 is 0 Å². The van der Waals surface area contributed by atoms with Crippen molar-refractivity contribution in [3.05, 3.63) is 78.5 Å². The summed E-state index contributed by atoms with van der Waals surface area (Å²) in [7, 11) is 1.60. The van der Waals surface area contributed by atoms with E-state index in [2.05, 4.69) is 20.5 Å². The van der Waals surface area contributed by atoms with Gasteiger partial charge < -0.3 is 10.1 Å². The van der Waals surface area contributed by atoms with Crippen LogP contribution in [0.25, 0.3) is 17.2 Å². The van der Waals surface area contributed by atoms with Crippen LogP contribution in [-0.2, 0) is 4.79 Å². The zero-order chi connectivity index (χ0) is 21.6. The highest BCUT2D eigenvalue weighted by Crippen LogP contribution is 2.27. The molecule has 2 aromatic carbocycles. The number of benzene rings is 2. The largest absolute Gasteiger partial charge is 0.497 e. The zero-order valence-corrected chi connectivity index (χ0v) is 18.0. The quantitative estimate of drug-likeness (QED) is 0.438. The Morgan fingerprint density at radius 2 is 1.81 bits per heavy atom. The number of amides is 1. The molecule has 156 valence electrons. The van der Waals surface area contributed by atoms with Crippen molar-refractivity contribution in [1.29, 1.82) is 0 Å². The number of pyridine rings is 1. The number of rotatable bonds is 7. The number of aromatic nitrogens is 4. The average Bonchev–Trinajstić information content (AvgIpc) is 3.23. The van der Waals surface area contributed by atoms with E-state index in [0.717, 1.165) is 17.0 Å². The van der Waals surface area contributed by atoms with E-state index in [1.54, 1.807) is 37.6 Å². The maximum atomic E-state index is 12.5. The molecule has 2 heterocycles. The molecule has 4 aromatic rings. The second kappa shape index (κ2) is 9.44. The molecule has 0 spiro atoms. The molecule has 1 N–H and O–H groups in total. The predicted octanol–water partition coefficient (Wildman–Crippen LogP) is 4.38. The maximum absolute atomic E-state index is 12.5. The van der Waals surface area contributed by atoms with Crippen LogP contribution in [0.4, 0.5) is 5.69 Å². The van der Waals surface area contributed by atoms with Gasteiger partial charge in [0.25, 0.3) is 0 Å². The second-order valence-corrected chi connectivity index (χ2v) is 7.70. The van der Waals surface area contributed by atoms with Gasteiger partial charge in [-0.05, 0) is 55.5 Å². The van der Waals surface area contributed by atoms with Crippen LogP contribution in [-0.4, -0.2) is 38.5 Å². The van der Waals surface area contributed by atoms with Crippen LogP contribution in [0.2, 0.25) is 0 Å². The van der Waals surface area contributed by atoms with E-state index in [1.165, 1.54) is 11.8 Å². The number of carbonyl (C=O) groups is 1. The third-order valence-corrected chi connectivity index (χ3v) is 5.45. The summed E-state index contributed by atoms with van der Waals surface area (Å²) in [5, 5.41) is 12.2. The summed E-state index contributed by atoms with van der Waals surface area (Å²) in [5.74, 6) is 1.43. The number of nitrogens with one attached hydrogen (secondary N) is 1. The molecule has 2 aromatic heterocycles. The van der Waals surface area contributed by atoms with Gasteiger partial charge in [0.1, 0.15) is 11.4 Å². The normalized spacial score (nSPS) is 10.6. The molecule has 0 radical (unpaired) electrons. The average molecular weight is 432 g/mol. The predicted molar refractivity (Wildman–Crippen MR) is 122 cm³/mol. The highest BCUT2D eigenvalue weighted by Gasteiger charge is 2.18. The SMILES string of the molecule is COc1ccc(NC(=O)CSc2nnc(-c3ccccn3)n2-c2ccc(C)cc2)cc1. The summed E-state index contributed by atoms with van der Waals surface area (Å²) in [6, 6.07) is 20.9. The van der Waals surface area contributed by atoms with Crippen molar-refractivity contribution < 1.29 is 9.53 Å². The van der Waals surface area contributed by atoms with Crippen molar-refractivity contribution in [3.63, 3.8) is 0 Å². The first kappa shape index (κ1) is 20.6. The summed E-state index contributed by atoms with van der Waals surface area (Å²) in [6.07, 6.45) is 1.72. The lowest BCUT2D eigenvalue weighted by Gasteiger charge is -2.10. The van der Waals surface area contributed by atoms with Crippen LogP contribution in [0.1, 0.15) is 5.56 Å². The zero-order valence-electron chi connectivity index (χ0n) is 17.1. The molecular formula is C23H21N5O2S. The number of hydrogen-bond donors (Lipinski definition) is 1. The van der Waals surface area contributed by atoms with Crippen molar-refractivity contribution in [3.8, 4) is 23.0 Å². The molecule has 31 heavy (non-hydrogen) atoms. The third kappa shape index (κ3) is 4.92. The first-order valence-electron chi connectivity index (χ1n) is 9.64. The van der Waals surface area contributed by atoms with E-state index in [4.69, 9.17) is 4.74 Å². The van der Waals surface area contributed by atoms with Crippen LogP contribution in [0.5, 0.6) is 5.75 Å². The van der Waals surface area contributed by atoms with Crippen LogP contribution in [0, 0.1) is 6.92 Å². The fourth-order valence-corrected chi connectivity index (χ4v) is 3.70. The van der Waals surface area contributed by atoms with Crippen LogP contribution < -0.4 is 10.1 Å². The van der Waals surface area contributed by atoms with Gasteiger partial charge in [-0.2, -0.15) is 0 Å². The van der Waals surface area contributed by atoms with Gasteiger partial charge in [0.05, 0.1) is 12.9 Å². The number of nitrogens with zero attached hydrogens (tertiary/aromatic N) is 4. The Kier molecular flexibility index (Phi) is 6.28. The van der Waals surface area contributed by atoms with Gasteiger partial charge in [0, 0.05) is 17.6 Å². The second-order valence-electron chi connectivity index (χ2n) is 6.76. The Morgan fingerprint density at radius 1 is 1.03 bits per heavy atom. The molecule has 0 unspecified atom stereocenters. The van der Waals surface area contributed by atoms with Gasteiger partial charge in [-0.3, -0.25) is 14.3 Å². The van der Waals surface area contributed by atoms with Crippen LogP contribution in [0.3, 0.4) is 0 Å². The first-order valence-corrected chi connectivity index (χ1v) is 10.6. The minimum atomic E-state index is -0.131. The molecule has 7 nitrogen and oxygen atoms in total. The number of carbonyl (C=O) groups excluding carboxylic acids is 1.